The molecule has 0 bridgehead atoms. The van der Waals surface area contributed by atoms with E-state index < -0.39 is 0 Å². The zero-order valence-electron chi connectivity index (χ0n) is 13.5. The molecule has 0 radical (unpaired) electrons. The minimum absolute atomic E-state index is 0.149. The van der Waals surface area contributed by atoms with Crippen molar-refractivity contribution < 1.29 is 5.11 Å². The number of hydrogen-bond donors (Lipinski definition) is 3. The summed E-state index contributed by atoms with van der Waals surface area (Å²) in [6.07, 6.45) is 2.81. The summed E-state index contributed by atoms with van der Waals surface area (Å²) in [5, 5.41) is 13.0. The maximum atomic E-state index is 9.49. The third kappa shape index (κ3) is 4.19. The van der Waals surface area contributed by atoms with Crippen molar-refractivity contribution in [2.45, 2.75) is 51.3 Å². The van der Waals surface area contributed by atoms with Crippen LogP contribution in [0.3, 0.4) is 0 Å². The van der Waals surface area contributed by atoms with Gasteiger partial charge in [0.1, 0.15) is 0 Å². The quantitative estimate of drug-likeness (QED) is 0.748. The number of hydrogen-bond acceptors (Lipinski definition) is 4. The summed E-state index contributed by atoms with van der Waals surface area (Å²) in [4.78, 5) is 2.32. The zero-order valence-corrected chi connectivity index (χ0v) is 13.5. The molecule has 21 heavy (non-hydrogen) atoms. The molecule has 0 aromatic heterocycles. The average Bonchev–Trinajstić information content (AvgIpc) is 2.44. The van der Waals surface area contributed by atoms with Crippen molar-refractivity contribution in [3.63, 3.8) is 0 Å². The normalized spacial score (nSPS) is 19.0. The highest BCUT2D eigenvalue weighted by Crippen LogP contribution is 2.28. The summed E-state index contributed by atoms with van der Waals surface area (Å²) < 4.78 is 0. The lowest BCUT2D eigenvalue weighted by atomic mass is 9.96. The maximum Gasteiger partial charge on any atom is 0.0526 e. The van der Waals surface area contributed by atoms with Gasteiger partial charge in [-0.1, -0.05) is 12.1 Å². The molecule has 4 nitrogen and oxygen atoms in total. The minimum atomic E-state index is -0.289. The fraction of sp³-hybridized carbons (Fsp3) is 0.647. The number of rotatable bonds is 6. The van der Waals surface area contributed by atoms with Gasteiger partial charge in [0.2, 0.25) is 0 Å². The SMILES string of the molecule is CC(O)CC(C)NC(CN)c1ccc2c(c1)CCCN2C. The van der Waals surface area contributed by atoms with Gasteiger partial charge >= 0.3 is 0 Å². The Morgan fingerprint density at radius 2 is 2.14 bits per heavy atom. The van der Waals surface area contributed by atoms with Crippen LogP contribution in [-0.4, -0.2) is 37.4 Å². The van der Waals surface area contributed by atoms with Crippen molar-refractivity contribution in [2.75, 3.05) is 25.0 Å². The smallest absolute Gasteiger partial charge is 0.0526 e. The van der Waals surface area contributed by atoms with Gasteiger partial charge in [-0.25, -0.2) is 0 Å². The molecule has 118 valence electrons. The standard InChI is InChI=1S/C17H29N3O/c1-12(9-13(2)21)19-16(11-18)14-6-7-17-15(10-14)5-4-8-20(17)3/h6-7,10,12-13,16,19,21H,4-5,8-9,11,18H2,1-3H3. The van der Waals surface area contributed by atoms with Crippen molar-refractivity contribution >= 4 is 5.69 Å². The first-order valence-corrected chi connectivity index (χ1v) is 7.99. The fourth-order valence-corrected chi connectivity index (χ4v) is 3.25. The van der Waals surface area contributed by atoms with Crippen LogP contribution >= 0.6 is 0 Å². The largest absolute Gasteiger partial charge is 0.393 e. The Balaban J connectivity index is 2.11. The number of aryl methyl sites for hydroxylation is 1. The van der Waals surface area contributed by atoms with Crippen LogP contribution in [-0.2, 0) is 6.42 Å². The van der Waals surface area contributed by atoms with Gasteiger partial charge in [0, 0.05) is 37.9 Å². The Morgan fingerprint density at radius 3 is 2.81 bits per heavy atom. The van der Waals surface area contributed by atoms with Gasteiger partial charge in [0.15, 0.2) is 0 Å². The van der Waals surface area contributed by atoms with Gasteiger partial charge in [0.25, 0.3) is 0 Å². The van der Waals surface area contributed by atoms with Gasteiger partial charge < -0.3 is 21.1 Å². The van der Waals surface area contributed by atoms with E-state index in [4.69, 9.17) is 5.73 Å². The lowest BCUT2D eigenvalue weighted by Crippen LogP contribution is -2.36. The van der Waals surface area contributed by atoms with E-state index in [0.29, 0.717) is 6.54 Å². The average molecular weight is 291 g/mol. The maximum absolute atomic E-state index is 9.49. The number of benzene rings is 1. The van der Waals surface area contributed by atoms with E-state index in [2.05, 4.69) is 42.4 Å². The van der Waals surface area contributed by atoms with Crippen molar-refractivity contribution in [3.05, 3.63) is 29.3 Å². The Morgan fingerprint density at radius 1 is 1.38 bits per heavy atom. The summed E-state index contributed by atoms with van der Waals surface area (Å²) in [6, 6.07) is 7.09. The highest BCUT2D eigenvalue weighted by Gasteiger charge is 2.18. The second-order valence-electron chi connectivity index (χ2n) is 6.35. The molecule has 0 fully saturated rings. The molecule has 2 rings (SSSR count). The van der Waals surface area contributed by atoms with Crippen LogP contribution < -0.4 is 16.0 Å². The van der Waals surface area contributed by atoms with Gasteiger partial charge in [-0.2, -0.15) is 0 Å². The molecule has 3 unspecified atom stereocenters. The van der Waals surface area contributed by atoms with Crippen LogP contribution in [0, 0.1) is 0 Å². The molecule has 0 saturated carbocycles. The van der Waals surface area contributed by atoms with E-state index in [-0.39, 0.29) is 18.2 Å². The van der Waals surface area contributed by atoms with Crippen LogP contribution in [0.15, 0.2) is 18.2 Å². The monoisotopic (exact) mass is 291 g/mol. The number of aliphatic hydroxyl groups is 1. The third-order valence-corrected chi connectivity index (χ3v) is 4.27. The lowest BCUT2D eigenvalue weighted by Gasteiger charge is -2.29. The molecular weight excluding hydrogens is 262 g/mol. The molecule has 4 heteroatoms. The summed E-state index contributed by atoms with van der Waals surface area (Å²) in [6.45, 7) is 5.63. The molecule has 1 aromatic carbocycles. The van der Waals surface area contributed by atoms with Gasteiger partial charge in [-0.05, 0) is 50.3 Å². The molecule has 0 amide bonds. The molecule has 3 atom stereocenters. The van der Waals surface area contributed by atoms with Crippen molar-refractivity contribution in [1.82, 2.24) is 5.32 Å². The first kappa shape index (κ1) is 16.3. The number of nitrogens with zero attached hydrogens (tertiary/aromatic N) is 1. The summed E-state index contributed by atoms with van der Waals surface area (Å²) in [7, 11) is 2.15. The molecule has 0 spiro atoms. The highest BCUT2D eigenvalue weighted by atomic mass is 16.3. The zero-order chi connectivity index (χ0) is 15.4. The molecular formula is C17H29N3O. The van der Waals surface area contributed by atoms with Gasteiger partial charge in [0.05, 0.1) is 6.10 Å². The Kier molecular flexibility index (Phi) is 5.62. The van der Waals surface area contributed by atoms with Gasteiger partial charge in [-0.15, -0.1) is 0 Å². The van der Waals surface area contributed by atoms with Crippen molar-refractivity contribution in [1.29, 1.82) is 0 Å². The molecule has 1 aromatic rings. The van der Waals surface area contributed by atoms with Crippen LogP contribution in [0.2, 0.25) is 0 Å². The van der Waals surface area contributed by atoms with E-state index in [1.165, 1.54) is 23.2 Å². The van der Waals surface area contributed by atoms with Gasteiger partial charge in [-0.3, -0.25) is 0 Å². The summed E-state index contributed by atoms with van der Waals surface area (Å²) in [5.74, 6) is 0. The minimum Gasteiger partial charge on any atom is -0.393 e. The molecule has 1 aliphatic heterocycles. The second kappa shape index (κ2) is 7.25. The molecule has 0 saturated heterocycles. The number of anilines is 1. The van der Waals surface area contributed by atoms with Crippen LogP contribution in [0.25, 0.3) is 0 Å². The number of fused-ring (bicyclic) bond motifs is 1. The van der Waals surface area contributed by atoms with E-state index in [0.717, 1.165) is 19.4 Å². The highest BCUT2D eigenvalue weighted by molar-refractivity contribution is 5.56. The molecule has 4 N–H and O–H groups in total. The van der Waals surface area contributed by atoms with E-state index in [9.17, 15) is 5.11 Å². The van der Waals surface area contributed by atoms with Crippen molar-refractivity contribution in [3.8, 4) is 0 Å². The van der Waals surface area contributed by atoms with E-state index >= 15 is 0 Å². The molecule has 1 aliphatic rings. The van der Waals surface area contributed by atoms with Crippen LogP contribution in [0.5, 0.6) is 0 Å². The predicted octanol–water partition coefficient (Wildman–Crippen LogP) is 1.82. The number of nitrogens with two attached hydrogens (primary N) is 1. The summed E-state index contributed by atoms with van der Waals surface area (Å²) >= 11 is 0. The first-order chi connectivity index (χ1) is 10.0. The van der Waals surface area contributed by atoms with Crippen molar-refractivity contribution in [2.24, 2.45) is 5.73 Å². The lowest BCUT2D eigenvalue weighted by molar-refractivity contribution is 0.168. The van der Waals surface area contributed by atoms with E-state index in [1.54, 1.807) is 0 Å². The fourth-order valence-electron chi connectivity index (χ4n) is 3.25. The Hall–Kier alpha value is -1.10. The second-order valence-corrected chi connectivity index (χ2v) is 6.35. The number of nitrogens with one attached hydrogen (secondary N) is 1. The van der Waals surface area contributed by atoms with Crippen LogP contribution in [0.1, 0.15) is 43.9 Å². The number of aliphatic hydroxyl groups excluding tert-OH is 1. The topological polar surface area (TPSA) is 61.5 Å². The predicted molar refractivity (Wildman–Crippen MR) is 88.7 cm³/mol. The third-order valence-electron chi connectivity index (χ3n) is 4.27. The molecule has 1 heterocycles. The summed E-state index contributed by atoms with van der Waals surface area (Å²) in [5.41, 5.74) is 9.97. The van der Waals surface area contributed by atoms with Crippen LogP contribution in [0.4, 0.5) is 5.69 Å². The molecule has 0 aliphatic carbocycles. The Labute approximate surface area is 128 Å². The Bertz CT molecular complexity index is 461. The van der Waals surface area contributed by atoms with E-state index in [1.807, 2.05) is 6.92 Å². The first-order valence-electron chi connectivity index (χ1n) is 7.99.